The third kappa shape index (κ3) is 6.19. The number of carbonyl (C=O) groups is 3. The van der Waals surface area contributed by atoms with E-state index in [9.17, 15) is 14.4 Å². The van der Waals surface area contributed by atoms with Crippen LogP contribution >= 0.6 is 0 Å². The summed E-state index contributed by atoms with van der Waals surface area (Å²) in [5.41, 5.74) is 0. The fourth-order valence-electron chi connectivity index (χ4n) is 1.48. The van der Waals surface area contributed by atoms with Crippen LogP contribution in [0.5, 0.6) is 0 Å². The van der Waals surface area contributed by atoms with Crippen molar-refractivity contribution in [2.75, 3.05) is 19.8 Å². The number of aliphatic carboxylic acids is 1. The molecular formula is C12H20O7. The minimum Gasteiger partial charge on any atom is -0.481 e. The molecule has 0 radical (unpaired) electrons. The largest absolute Gasteiger partial charge is 0.481 e. The Bertz CT molecular complexity index is 295. The molecule has 0 heterocycles. The molecule has 0 aromatic carbocycles. The zero-order valence-electron chi connectivity index (χ0n) is 11.1. The molecular weight excluding hydrogens is 256 g/mol. The Morgan fingerprint density at radius 3 is 1.79 bits per heavy atom. The maximum Gasteiger partial charge on any atom is 0.320 e. The topological polar surface area (TPSA) is 110 Å². The van der Waals surface area contributed by atoms with Gasteiger partial charge < -0.3 is 19.7 Å². The molecule has 2 N–H and O–H groups in total. The molecule has 0 aromatic heterocycles. The van der Waals surface area contributed by atoms with Crippen LogP contribution in [0.15, 0.2) is 0 Å². The monoisotopic (exact) mass is 276 g/mol. The van der Waals surface area contributed by atoms with Crippen LogP contribution in [0.3, 0.4) is 0 Å². The Hall–Kier alpha value is -1.63. The Morgan fingerprint density at radius 1 is 1.00 bits per heavy atom. The lowest BCUT2D eigenvalue weighted by molar-refractivity contribution is -0.162. The average Bonchev–Trinajstić information content (AvgIpc) is 2.34. The third-order valence-corrected chi connectivity index (χ3v) is 2.52. The summed E-state index contributed by atoms with van der Waals surface area (Å²) in [6.45, 7) is 2.91. The molecule has 0 spiro atoms. The minimum absolute atomic E-state index is 0.00582. The van der Waals surface area contributed by atoms with Crippen molar-refractivity contribution < 1.29 is 34.1 Å². The number of carbonyl (C=O) groups excluding carboxylic acids is 2. The number of hydrogen-bond donors (Lipinski definition) is 2. The van der Waals surface area contributed by atoms with Gasteiger partial charge in [0.2, 0.25) is 0 Å². The summed E-state index contributed by atoms with van der Waals surface area (Å²) < 4.78 is 9.50. The van der Waals surface area contributed by atoms with Crippen LogP contribution in [-0.4, -0.2) is 47.9 Å². The van der Waals surface area contributed by atoms with Crippen LogP contribution in [0.1, 0.15) is 26.7 Å². The van der Waals surface area contributed by atoms with Crippen molar-refractivity contribution in [2.45, 2.75) is 26.7 Å². The third-order valence-electron chi connectivity index (χ3n) is 2.52. The highest BCUT2D eigenvalue weighted by molar-refractivity contribution is 5.94. The van der Waals surface area contributed by atoms with E-state index in [0.717, 1.165) is 0 Å². The standard InChI is InChI=1S/C12H20O7/c1-3-18-11(16)9(12(17)19-4-2)6-5-8(7-13)10(14)15/h8-9,13H,3-7H2,1-2H3,(H,14,15). The highest BCUT2D eigenvalue weighted by Gasteiger charge is 2.31. The van der Waals surface area contributed by atoms with Gasteiger partial charge in [0.15, 0.2) is 5.92 Å². The molecule has 110 valence electrons. The smallest absolute Gasteiger partial charge is 0.320 e. The Balaban J connectivity index is 4.62. The van der Waals surface area contributed by atoms with Crippen molar-refractivity contribution in [1.82, 2.24) is 0 Å². The fourth-order valence-corrected chi connectivity index (χ4v) is 1.48. The number of hydrogen-bond acceptors (Lipinski definition) is 6. The second-order valence-corrected chi connectivity index (χ2v) is 3.85. The molecule has 0 amide bonds. The molecule has 0 saturated heterocycles. The van der Waals surface area contributed by atoms with Crippen molar-refractivity contribution in [1.29, 1.82) is 0 Å². The molecule has 0 saturated carbocycles. The Labute approximate surface area is 111 Å². The van der Waals surface area contributed by atoms with Gasteiger partial charge in [0.25, 0.3) is 0 Å². The first kappa shape index (κ1) is 17.4. The van der Waals surface area contributed by atoms with Crippen molar-refractivity contribution in [3.05, 3.63) is 0 Å². The summed E-state index contributed by atoms with van der Waals surface area (Å²) in [4.78, 5) is 33.9. The van der Waals surface area contributed by atoms with E-state index < -0.39 is 36.4 Å². The first-order valence-electron chi connectivity index (χ1n) is 6.14. The van der Waals surface area contributed by atoms with Crippen LogP contribution in [0.2, 0.25) is 0 Å². The maximum atomic E-state index is 11.6. The van der Waals surface area contributed by atoms with Crippen molar-refractivity contribution in [2.24, 2.45) is 11.8 Å². The Kier molecular flexibility index (Phi) is 8.52. The van der Waals surface area contributed by atoms with E-state index in [1.165, 1.54) is 0 Å². The summed E-state index contributed by atoms with van der Waals surface area (Å²) in [7, 11) is 0. The normalized spacial score (nSPS) is 12.0. The first-order valence-corrected chi connectivity index (χ1v) is 6.14. The van der Waals surface area contributed by atoms with Crippen LogP contribution in [0, 0.1) is 11.8 Å². The van der Waals surface area contributed by atoms with Gasteiger partial charge in [0.1, 0.15) is 0 Å². The summed E-state index contributed by atoms with van der Waals surface area (Å²) in [6, 6.07) is 0. The summed E-state index contributed by atoms with van der Waals surface area (Å²) in [5, 5.41) is 17.7. The average molecular weight is 276 g/mol. The lowest BCUT2D eigenvalue weighted by Crippen LogP contribution is -2.30. The molecule has 0 rings (SSSR count). The molecule has 1 unspecified atom stereocenters. The van der Waals surface area contributed by atoms with E-state index in [2.05, 4.69) is 0 Å². The highest BCUT2D eigenvalue weighted by atomic mass is 16.6. The molecule has 7 nitrogen and oxygen atoms in total. The predicted molar refractivity (Wildman–Crippen MR) is 64.2 cm³/mol. The molecule has 1 atom stereocenters. The van der Waals surface area contributed by atoms with Gasteiger partial charge in [-0.2, -0.15) is 0 Å². The van der Waals surface area contributed by atoms with E-state index >= 15 is 0 Å². The molecule has 7 heteroatoms. The quantitative estimate of drug-likeness (QED) is 0.457. The lowest BCUT2D eigenvalue weighted by Gasteiger charge is -2.16. The summed E-state index contributed by atoms with van der Waals surface area (Å²) >= 11 is 0. The van der Waals surface area contributed by atoms with Gasteiger partial charge in [0, 0.05) is 0 Å². The molecule has 0 aliphatic heterocycles. The molecule has 0 aromatic rings. The molecule has 0 aliphatic rings. The van der Waals surface area contributed by atoms with Crippen LogP contribution < -0.4 is 0 Å². The molecule has 0 aliphatic carbocycles. The predicted octanol–water partition coefficient (Wildman–Crippen LogP) is 0.202. The zero-order valence-corrected chi connectivity index (χ0v) is 11.1. The highest BCUT2D eigenvalue weighted by Crippen LogP contribution is 2.16. The van der Waals surface area contributed by atoms with Gasteiger partial charge in [-0.15, -0.1) is 0 Å². The van der Waals surface area contributed by atoms with Gasteiger partial charge in [0.05, 0.1) is 25.7 Å². The van der Waals surface area contributed by atoms with E-state index in [-0.39, 0.29) is 26.1 Å². The van der Waals surface area contributed by atoms with E-state index in [1.54, 1.807) is 13.8 Å². The molecule has 19 heavy (non-hydrogen) atoms. The number of esters is 2. The second kappa shape index (κ2) is 9.32. The zero-order chi connectivity index (χ0) is 14.8. The van der Waals surface area contributed by atoms with Crippen molar-refractivity contribution >= 4 is 17.9 Å². The number of aliphatic hydroxyl groups is 1. The Morgan fingerprint density at radius 2 is 1.47 bits per heavy atom. The van der Waals surface area contributed by atoms with Crippen molar-refractivity contribution in [3.63, 3.8) is 0 Å². The maximum absolute atomic E-state index is 11.6. The molecule has 0 bridgehead atoms. The van der Waals surface area contributed by atoms with Crippen LogP contribution in [0.4, 0.5) is 0 Å². The van der Waals surface area contributed by atoms with Crippen molar-refractivity contribution in [3.8, 4) is 0 Å². The number of ether oxygens (including phenoxy) is 2. The van der Waals surface area contributed by atoms with E-state index in [1.807, 2.05) is 0 Å². The first-order chi connectivity index (χ1) is 8.97. The van der Waals surface area contributed by atoms with Gasteiger partial charge in [-0.1, -0.05) is 0 Å². The van der Waals surface area contributed by atoms with Crippen LogP contribution in [-0.2, 0) is 23.9 Å². The fraction of sp³-hybridized carbons (Fsp3) is 0.750. The van der Waals surface area contributed by atoms with E-state index in [0.29, 0.717) is 0 Å². The minimum atomic E-state index is -1.17. The van der Waals surface area contributed by atoms with Gasteiger partial charge in [-0.25, -0.2) is 0 Å². The summed E-state index contributed by atoms with van der Waals surface area (Å²) in [6.07, 6.45) is -0.0384. The second-order valence-electron chi connectivity index (χ2n) is 3.85. The number of carboxylic acid groups (broad SMARTS) is 1. The SMILES string of the molecule is CCOC(=O)C(CCC(CO)C(=O)O)C(=O)OCC. The van der Waals surface area contributed by atoms with Gasteiger partial charge >= 0.3 is 17.9 Å². The molecule has 0 fully saturated rings. The lowest BCUT2D eigenvalue weighted by atomic mass is 9.96. The number of aliphatic hydroxyl groups excluding tert-OH is 1. The number of carboxylic acids is 1. The van der Waals surface area contributed by atoms with E-state index in [4.69, 9.17) is 19.7 Å². The van der Waals surface area contributed by atoms with Gasteiger partial charge in [-0.05, 0) is 26.7 Å². The summed E-state index contributed by atoms with van der Waals surface area (Å²) in [5.74, 6) is -4.79. The number of rotatable bonds is 9. The van der Waals surface area contributed by atoms with Crippen LogP contribution in [0.25, 0.3) is 0 Å². The van der Waals surface area contributed by atoms with Gasteiger partial charge in [-0.3, -0.25) is 14.4 Å².